The number of nitrogens with one attached hydrogen (secondary N) is 1. The Balaban J connectivity index is 2.33. The normalized spacial score (nSPS) is 22.2. The number of piperidine rings is 1. The van der Waals surface area contributed by atoms with Crippen LogP contribution >= 0.6 is 0 Å². The van der Waals surface area contributed by atoms with Crippen LogP contribution in [0.5, 0.6) is 0 Å². The van der Waals surface area contributed by atoms with Gasteiger partial charge in [0, 0.05) is 26.3 Å². The summed E-state index contributed by atoms with van der Waals surface area (Å²) in [5.41, 5.74) is 0. The summed E-state index contributed by atoms with van der Waals surface area (Å²) in [5.74, 6) is 0.0475. The number of carbonyl (C=O) groups is 1. The van der Waals surface area contributed by atoms with Crippen molar-refractivity contribution in [1.82, 2.24) is 10.2 Å². The molecule has 1 aliphatic heterocycles. The number of ether oxygens (including phenoxy) is 1. The second-order valence-electron chi connectivity index (χ2n) is 5.21. The van der Waals surface area contributed by atoms with Crippen LogP contribution in [0.3, 0.4) is 0 Å². The minimum atomic E-state index is -0.318. The molecule has 2 unspecified atom stereocenters. The molecule has 0 saturated carbocycles. The maximum atomic E-state index is 11.9. The van der Waals surface area contributed by atoms with Crippen molar-refractivity contribution in [2.45, 2.75) is 51.2 Å². The first-order valence-electron chi connectivity index (χ1n) is 7.36. The highest BCUT2D eigenvalue weighted by Crippen LogP contribution is 2.20. The Kier molecular flexibility index (Phi) is 8.02. The van der Waals surface area contributed by atoms with Crippen molar-refractivity contribution in [2.24, 2.45) is 0 Å². The zero-order valence-electron chi connectivity index (χ0n) is 12.2. The second-order valence-corrected chi connectivity index (χ2v) is 5.21. The Hall–Kier alpha value is -0.650. The lowest BCUT2D eigenvalue weighted by atomic mass is 9.96. The summed E-state index contributed by atoms with van der Waals surface area (Å²) in [5, 5.41) is 12.9. The number of hydrogen-bond donors (Lipinski definition) is 2. The van der Waals surface area contributed by atoms with Crippen LogP contribution in [0.2, 0.25) is 0 Å². The van der Waals surface area contributed by atoms with E-state index in [4.69, 9.17) is 4.74 Å². The van der Waals surface area contributed by atoms with E-state index in [1.54, 1.807) is 7.11 Å². The van der Waals surface area contributed by atoms with Gasteiger partial charge in [0.1, 0.15) is 0 Å². The van der Waals surface area contributed by atoms with Crippen LogP contribution in [0.25, 0.3) is 0 Å². The number of aliphatic hydroxyl groups is 1. The van der Waals surface area contributed by atoms with E-state index in [0.29, 0.717) is 19.7 Å². The smallest absolute Gasteiger partial charge is 0.234 e. The summed E-state index contributed by atoms with van der Waals surface area (Å²) in [6, 6.07) is 0.142. The van der Waals surface area contributed by atoms with Gasteiger partial charge in [0.25, 0.3) is 0 Å². The predicted molar refractivity (Wildman–Crippen MR) is 75.0 cm³/mol. The molecule has 0 aromatic rings. The zero-order valence-corrected chi connectivity index (χ0v) is 12.2. The molecule has 1 heterocycles. The lowest BCUT2D eigenvalue weighted by Gasteiger charge is -2.37. The molecule has 1 amide bonds. The van der Waals surface area contributed by atoms with Crippen molar-refractivity contribution < 1.29 is 14.6 Å². The molecule has 112 valence electrons. The Bertz CT molecular complexity index is 261. The highest BCUT2D eigenvalue weighted by atomic mass is 16.5. The largest absolute Gasteiger partial charge is 0.392 e. The fourth-order valence-electron chi connectivity index (χ4n) is 2.61. The van der Waals surface area contributed by atoms with E-state index >= 15 is 0 Å². The molecule has 5 nitrogen and oxygen atoms in total. The van der Waals surface area contributed by atoms with Gasteiger partial charge in [-0.3, -0.25) is 9.69 Å². The van der Waals surface area contributed by atoms with Crippen LogP contribution in [0.15, 0.2) is 0 Å². The molecular weight excluding hydrogens is 244 g/mol. The van der Waals surface area contributed by atoms with Crippen LogP contribution in [-0.2, 0) is 9.53 Å². The first-order valence-corrected chi connectivity index (χ1v) is 7.36. The van der Waals surface area contributed by atoms with Crippen LogP contribution < -0.4 is 5.32 Å². The van der Waals surface area contributed by atoms with Crippen LogP contribution in [0.1, 0.15) is 39.0 Å². The van der Waals surface area contributed by atoms with Gasteiger partial charge in [-0.1, -0.05) is 13.3 Å². The van der Waals surface area contributed by atoms with Crippen molar-refractivity contribution in [2.75, 3.05) is 33.4 Å². The molecule has 1 saturated heterocycles. The number of nitrogens with zero attached hydrogens (tertiary/aromatic N) is 1. The summed E-state index contributed by atoms with van der Waals surface area (Å²) in [4.78, 5) is 14.0. The highest BCUT2D eigenvalue weighted by Gasteiger charge is 2.28. The van der Waals surface area contributed by atoms with Crippen LogP contribution in [0, 0.1) is 0 Å². The summed E-state index contributed by atoms with van der Waals surface area (Å²) >= 11 is 0. The Morgan fingerprint density at radius 1 is 1.53 bits per heavy atom. The minimum Gasteiger partial charge on any atom is -0.392 e. The third kappa shape index (κ3) is 5.89. The third-order valence-corrected chi connectivity index (χ3v) is 3.72. The molecule has 0 spiro atoms. The van der Waals surface area contributed by atoms with Gasteiger partial charge in [0.2, 0.25) is 5.91 Å². The van der Waals surface area contributed by atoms with Crippen molar-refractivity contribution in [3.05, 3.63) is 0 Å². The van der Waals surface area contributed by atoms with E-state index in [-0.39, 0.29) is 18.1 Å². The lowest BCUT2D eigenvalue weighted by Crippen LogP contribution is -2.50. The van der Waals surface area contributed by atoms with Gasteiger partial charge >= 0.3 is 0 Å². The van der Waals surface area contributed by atoms with Crippen molar-refractivity contribution >= 4 is 5.91 Å². The monoisotopic (exact) mass is 272 g/mol. The number of amides is 1. The van der Waals surface area contributed by atoms with Crippen molar-refractivity contribution in [1.29, 1.82) is 0 Å². The molecule has 1 rings (SSSR count). The van der Waals surface area contributed by atoms with Gasteiger partial charge in [-0.25, -0.2) is 0 Å². The number of methoxy groups -OCH3 is 1. The van der Waals surface area contributed by atoms with Gasteiger partial charge in [-0.15, -0.1) is 0 Å². The molecule has 1 fully saturated rings. The summed E-state index contributed by atoms with van der Waals surface area (Å²) in [6.45, 7) is 4.62. The first kappa shape index (κ1) is 16.4. The third-order valence-electron chi connectivity index (χ3n) is 3.72. The minimum absolute atomic E-state index is 0.0475. The van der Waals surface area contributed by atoms with E-state index in [1.807, 2.05) is 6.92 Å². The topological polar surface area (TPSA) is 61.8 Å². The maximum Gasteiger partial charge on any atom is 0.234 e. The molecule has 2 N–H and O–H groups in total. The predicted octanol–water partition coefficient (Wildman–Crippen LogP) is 0.765. The fraction of sp³-hybridized carbons (Fsp3) is 0.929. The van der Waals surface area contributed by atoms with Gasteiger partial charge < -0.3 is 15.2 Å². The van der Waals surface area contributed by atoms with Crippen molar-refractivity contribution in [3.63, 3.8) is 0 Å². The maximum absolute atomic E-state index is 11.9. The number of rotatable bonds is 8. The zero-order chi connectivity index (χ0) is 14.1. The van der Waals surface area contributed by atoms with Gasteiger partial charge in [-0.2, -0.15) is 0 Å². The summed E-state index contributed by atoms with van der Waals surface area (Å²) in [6.07, 6.45) is 4.52. The molecule has 0 aliphatic carbocycles. The summed E-state index contributed by atoms with van der Waals surface area (Å²) < 4.78 is 4.94. The lowest BCUT2D eigenvalue weighted by molar-refractivity contribution is -0.124. The quantitative estimate of drug-likeness (QED) is 0.641. The highest BCUT2D eigenvalue weighted by molar-refractivity contribution is 5.78. The molecule has 5 heteroatoms. The number of carbonyl (C=O) groups excluding carboxylic acids is 1. The Morgan fingerprint density at radius 3 is 3.00 bits per heavy atom. The van der Waals surface area contributed by atoms with E-state index < -0.39 is 0 Å². The van der Waals surface area contributed by atoms with Gasteiger partial charge in [0.05, 0.1) is 12.6 Å². The SMILES string of the molecule is CCC(O)C1CCCCN1CC(=O)NCCCOC. The molecule has 0 aromatic heterocycles. The van der Waals surface area contributed by atoms with Crippen LogP contribution in [-0.4, -0.2) is 61.4 Å². The Labute approximate surface area is 116 Å². The van der Waals surface area contributed by atoms with E-state index in [0.717, 1.165) is 38.6 Å². The second kappa shape index (κ2) is 9.28. The molecule has 0 aromatic carbocycles. The average Bonchev–Trinajstić information content (AvgIpc) is 2.43. The molecule has 2 atom stereocenters. The van der Waals surface area contributed by atoms with E-state index in [1.165, 1.54) is 0 Å². The number of aliphatic hydroxyl groups excluding tert-OH is 1. The van der Waals surface area contributed by atoms with Crippen LogP contribution in [0.4, 0.5) is 0 Å². The van der Waals surface area contributed by atoms with Gasteiger partial charge in [-0.05, 0) is 32.2 Å². The number of likely N-dealkylation sites (tertiary alicyclic amines) is 1. The standard InChI is InChI=1S/C14H28N2O3/c1-3-13(17)12-7-4-5-9-16(12)11-14(18)15-8-6-10-19-2/h12-13,17H,3-11H2,1-2H3,(H,15,18). The average molecular weight is 272 g/mol. The molecular formula is C14H28N2O3. The molecule has 1 aliphatic rings. The van der Waals surface area contributed by atoms with Crippen molar-refractivity contribution in [3.8, 4) is 0 Å². The molecule has 0 radical (unpaired) electrons. The number of hydrogen-bond acceptors (Lipinski definition) is 4. The van der Waals surface area contributed by atoms with Gasteiger partial charge in [0.15, 0.2) is 0 Å². The summed E-state index contributed by atoms with van der Waals surface area (Å²) in [7, 11) is 1.66. The fourth-order valence-corrected chi connectivity index (χ4v) is 2.61. The first-order chi connectivity index (χ1) is 9.19. The molecule has 0 bridgehead atoms. The molecule has 19 heavy (non-hydrogen) atoms. The van der Waals surface area contributed by atoms with E-state index in [9.17, 15) is 9.90 Å². The Morgan fingerprint density at radius 2 is 2.32 bits per heavy atom. The van der Waals surface area contributed by atoms with E-state index in [2.05, 4.69) is 10.2 Å².